The number of rotatable bonds is 6. The maximum Gasteiger partial charge on any atom is 0.336 e. The molecule has 0 aliphatic rings. The topological polar surface area (TPSA) is 170 Å². The lowest BCUT2D eigenvalue weighted by atomic mass is 9.98. The standard InChI is InChI=1S/C10H10N4O6/c11-13-12-4-8(15)9(16)7-3-5(14(19)20)1-2-6(7)10(17)18/h1-3,8-9,15-16H,4H2,(H,17,18). The fraction of sp³-hybridized carbons (Fsp3) is 0.300. The van der Waals surface area contributed by atoms with Crippen molar-refractivity contribution in [3.8, 4) is 0 Å². The van der Waals surface area contributed by atoms with Gasteiger partial charge in [-0.05, 0) is 11.6 Å². The molecular formula is C10H10N4O6. The molecule has 106 valence electrons. The molecule has 2 unspecified atom stereocenters. The van der Waals surface area contributed by atoms with Gasteiger partial charge in [-0.25, -0.2) is 4.79 Å². The van der Waals surface area contributed by atoms with Crippen molar-refractivity contribution in [2.24, 2.45) is 5.11 Å². The molecule has 1 rings (SSSR count). The number of carbonyl (C=O) groups is 1. The smallest absolute Gasteiger partial charge is 0.336 e. The first-order chi connectivity index (χ1) is 9.38. The first-order valence-electron chi connectivity index (χ1n) is 5.27. The minimum absolute atomic E-state index is 0.327. The van der Waals surface area contributed by atoms with E-state index in [0.717, 1.165) is 18.2 Å². The van der Waals surface area contributed by atoms with E-state index in [0.29, 0.717) is 0 Å². The number of benzene rings is 1. The average molecular weight is 282 g/mol. The molecule has 0 bridgehead atoms. The molecule has 0 spiro atoms. The Hall–Kier alpha value is -2.68. The van der Waals surface area contributed by atoms with Gasteiger partial charge in [0.1, 0.15) is 6.10 Å². The second-order valence-corrected chi connectivity index (χ2v) is 3.76. The molecule has 1 aromatic rings. The zero-order valence-electron chi connectivity index (χ0n) is 9.95. The number of nitro groups is 1. The molecule has 0 fully saturated rings. The van der Waals surface area contributed by atoms with E-state index < -0.39 is 35.3 Å². The highest BCUT2D eigenvalue weighted by atomic mass is 16.6. The number of carboxylic acids is 1. The first kappa shape index (κ1) is 15.4. The Labute approximate surface area is 111 Å². The molecule has 0 aliphatic heterocycles. The normalized spacial score (nSPS) is 13.1. The van der Waals surface area contributed by atoms with Gasteiger partial charge >= 0.3 is 5.97 Å². The summed E-state index contributed by atoms with van der Waals surface area (Å²) in [5, 5.41) is 42.0. The summed E-state index contributed by atoms with van der Waals surface area (Å²) in [4.78, 5) is 23.3. The summed E-state index contributed by atoms with van der Waals surface area (Å²) in [5.74, 6) is -1.41. The lowest BCUT2D eigenvalue weighted by Crippen LogP contribution is -2.23. The summed E-state index contributed by atoms with van der Waals surface area (Å²) < 4.78 is 0. The predicted molar refractivity (Wildman–Crippen MR) is 65.0 cm³/mol. The second kappa shape index (κ2) is 6.48. The van der Waals surface area contributed by atoms with E-state index in [1.54, 1.807) is 0 Å². The molecule has 2 atom stereocenters. The van der Waals surface area contributed by atoms with Gasteiger partial charge in [0.25, 0.3) is 5.69 Å². The molecule has 20 heavy (non-hydrogen) atoms. The lowest BCUT2D eigenvalue weighted by molar-refractivity contribution is -0.385. The van der Waals surface area contributed by atoms with Crippen molar-refractivity contribution in [1.82, 2.24) is 0 Å². The van der Waals surface area contributed by atoms with Crippen LogP contribution < -0.4 is 0 Å². The van der Waals surface area contributed by atoms with Crippen LogP contribution in [-0.4, -0.2) is 38.9 Å². The van der Waals surface area contributed by atoms with Gasteiger partial charge in [-0.2, -0.15) is 0 Å². The number of hydrogen-bond acceptors (Lipinski definition) is 6. The quantitative estimate of drug-likeness (QED) is 0.231. The van der Waals surface area contributed by atoms with Crippen LogP contribution in [0.1, 0.15) is 22.0 Å². The highest BCUT2D eigenvalue weighted by Gasteiger charge is 2.25. The van der Waals surface area contributed by atoms with E-state index >= 15 is 0 Å². The number of carboxylic acid groups (broad SMARTS) is 1. The summed E-state index contributed by atoms with van der Waals surface area (Å²) in [5.41, 5.74) is 6.97. The fourth-order valence-corrected chi connectivity index (χ4v) is 1.53. The number of aromatic carboxylic acids is 1. The van der Waals surface area contributed by atoms with Gasteiger partial charge in [-0.1, -0.05) is 5.11 Å². The van der Waals surface area contributed by atoms with E-state index in [4.69, 9.17) is 10.6 Å². The number of aliphatic hydroxyl groups is 2. The monoisotopic (exact) mass is 282 g/mol. The third kappa shape index (κ3) is 3.42. The molecule has 1 aromatic carbocycles. The van der Waals surface area contributed by atoms with Crippen LogP contribution in [-0.2, 0) is 0 Å². The van der Waals surface area contributed by atoms with Gasteiger partial charge in [-0.15, -0.1) is 0 Å². The molecule has 0 aliphatic carbocycles. The van der Waals surface area contributed by atoms with Crippen LogP contribution in [0.25, 0.3) is 10.4 Å². The second-order valence-electron chi connectivity index (χ2n) is 3.76. The fourth-order valence-electron chi connectivity index (χ4n) is 1.53. The van der Waals surface area contributed by atoms with Crippen molar-refractivity contribution < 1.29 is 25.0 Å². The van der Waals surface area contributed by atoms with Crippen molar-refractivity contribution in [2.75, 3.05) is 6.54 Å². The summed E-state index contributed by atoms with van der Waals surface area (Å²) >= 11 is 0. The molecule has 10 heteroatoms. The number of nitrogens with zero attached hydrogens (tertiary/aromatic N) is 4. The van der Waals surface area contributed by atoms with Crippen molar-refractivity contribution in [1.29, 1.82) is 0 Å². The van der Waals surface area contributed by atoms with Crippen molar-refractivity contribution >= 4 is 11.7 Å². The largest absolute Gasteiger partial charge is 0.478 e. The van der Waals surface area contributed by atoms with Crippen LogP contribution in [0.15, 0.2) is 23.3 Å². The van der Waals surface area contributed by atoms with Gasteiger partial charge in [-0.3, -0.25) is 10.1 Å². The van der Waals surface area contributed by atoms with E-state index in [2.05, 4.69) is 10.0 Å². The molecule has 0 heterocycles. The van der Waals surface area contributed by atoms with Crippen LogP contribution in [0.5, 0.6) is 0 Å². The minimum atomic E-state index is -1.73. The van der Waals surface area contributed by atoms with E-state index in [-0.39, 0.29) is 11.1 Å². The van der Waals surface area contributed by atoms with E-state index in [1.807, 2.05) is 0 Å². The van der Waals surface area contributed by atoms with Crippen LogP contribution in [0.3, 0.4) is 0 Å². The van der Waals surface area contributed by atoms with Gasteiger partial charge in [0, 0.05) is 22.6 Å². The van der Waals surface area contributed by atoms with Crippen molar-refractivity contribution in [3.05, 3.63) is 49.9 Å². The number of hydrogen-bond donors (Lipinski definition) is 3. The Morgan fingerprint density at radius 3 is 2.65 bits per heavy atom. The summed E-state index contributed by atoms with van der Waals surface area (Å²) in [6.45, 7) is -0.501. The first-order valence-corrected chi connectivity index (χ1v) is 5.27. The maximum atomic E-state index is 11.0. The molecule has 0 amide bonds. The molecule has 0 aromatic heterocycles. The molecule has 0 saturated carbocycles. The van der Waals surface area contributed by atoms with Crippen molar-refractivity contribution in [3.63, 3.8) is 0 Å². The van der Waals surface area contributed by atoms with Crippen LogP contribution >= 0.6 is 0 Å². The Morgan fingerprint density at radius 1 is 1.50 bits per heavy atom. The zero-order chi connectivity index (χ0) is 15.3. The molecule has 0 radical (unpaired) electrons. The average Bonchev–Trinajstić information content (AvgIpc) is 2.42. The molecular weight excluding hydrogens is 272 g/mol. The number of azide groups is 1. The third-order valence-corrected chi connectivity index (χ3v) is 2.49. The summed E-state index contributed by atoms with van der Waals surface area (Å²) in [6.07, 6.45) is -3.31. The Morgan fingerprint density at radius 2 is 2.15 bits per heavy atom. The molecule has 3 N–H and O–H groups in total. The maximum absolute atomic E-state index is 11.0. The lowest BCUT2D eigenvalue weighted by Gasteiger charge is -2.17. The molecule has 0 saturated heterocycles. The highest BCUT2D eigenvalue weighted by Crippen LogP contribution is 2.26. The SMILES string of the molecule is [N-]=[N+]=NCC(O)C(O)c1cc([N+](=O)[O-])ccc1C(=O)O. The zero-order valence-corrected chi connectivity index (χ0v) is 9.95. The van der Waals surface area contributed by atoms with E-state index in [1.165, 1.54) is 0 Å². The summed E-state index contributed by atoms with van der Waals surface area (Å²) in [7, 11) is 0. The third-order valence-electron chi connectivity index (χ3n) is 2.49. The summed E-state index contributed by atoms with van der Waals surface area (Å²) in [6, 6.07) is 2.78. The molecule has 10 nitrogen and oxygen atoms in total. The number of aliphatic hydroxyl groups excluding tert-OH is 2. The van der Waals surface area contributed by atoms with Gasteiger partial charge in [0.05, 0.1) is 23.1 Å². The Kier molecular flexibility index (Phi) is 4.98. The van der Waals surface area contributed by atoms with Crippen molar-refractivity contribution in [2.45, 2.75) is 12.2 Å². The highest BCUT2D eigenvalue weighted by molar-refractivity contribution is 5.90. The van der Waals surface area contributed by atoms with Gasteiger partial charge in [0.15, 0.2) is 0 Å². The Bertz CT molecular complexity index is 583. The van der Waals surface area contributed by atoms with E-state index in [9.17, 15) is 25.1 Å². The van der Waals surface area contributed by atoms with Crippen LogP contribution in [0, 0.1) is 10.1 Å². The Balaban J connectivity index is 3.24. The van der Waals surface area contributed by atoms with Crippen LogP contribution in [0.2, 0.25) is 0 Å². The van der Waals surface area contributed by atoms with Gasteiger partial charge < -0.3 is 15.3 Å². The van der Waals surface area contributed by atoms with Crippen LogP contribution in [0.4, 0.5) is 5.69 Å². The predicted octanol–water partition coefficient (Wildman–Crippen LogP) is 0.998. The number of non-ortho nitro benzene ring substituents is 1. The minimum Gasteiger partial charge on any atom is -0.478 e. The number of nitro benzene ring substituents is 1. The van der Waals surface area contributed by atoms with Gasteiger partial charge in [0.2, 0.25) is 0 Å².